The summed E-state index contributed by atoms with van der Waals surface area (Å²) < 4.78 is 5.34. The number of carbonyl (C=O) groups excluding carboxylic acids is 1. The number of urea groups is 1. The van der Waals surface area contributed by atoms with Gasteiger partial charge in [-0.15, -0.1) is 0 Å². The summed E-state index contributed by atoms with van der Waals surface area (Å²) in [6, 6.07) is 0.243. The van der Waals surface area contributed by atoms with Crippen LogP contribution >= 0.6 is 0 Å². The third kappa shape index (κ3) is 1.69. The molecular formula is C9H17N3O2. The van der Waals surface area contributed by atoms with Gasteiger partial charge < -0.3 is 20.3 Å². The fourth-order valence-corrected chi connectivity index (χ4v) is 2.16. The summed E-state index contributed by atoms with van der Waals surface area (Å²) in [4.78, 5) is 13.5. The number of carbonyl (C=O) groups is 1. The maximum absolute atomic E-state index is 11.6. The topological polar surface area (TPSA) is 53.6 Å². The van der Waals surface area contributed by atoms with Crippen molar-refractivity contribution in [1.82, 2.24) is 15.5 Å². The van der Waals surface area contributed by atoms with Gasteiger partial charge in [-0.05, 0) is 6.42 Å². The third-order valence-electron chi connectivity index (χ3n) is 2.94. The average Bonchev–Trinajstić information content (AvgIpc) is 2.66. The van der Waals surface area contributed by atoms with E-state index in [2.05, 4.69) is 10.6 Å². The largest absolute Gasteiger partial charge is 0.378 e. The van der Waals surface area contributed by atoms with Crippen LogP contribution in [0, 0.1) is 0 Å². The van der Waals surface area contributed by atoms with E-state index in [-0.39, 0.29) is 18.2 Å². The van der Waals surface area contributed by atoms with Gasteiger partial charge in [0.2, 0.25) is 0 Å². The van der Waals surface area contributed by atoms with E-state index in [4.69, 9.17) is 4.74 Å². The van der Waals surface area contributed by atoms with Crippen LogP contribution in [0.5, 0.6) is 0 Å². The fraction of sp³-hybridized carbons (Fsp3) is 0.889. The van der Waals surface area contributed by atoms with Gasteiger partial charge >= 0.3 is 6.03 Å². The lowest BCUT2D eigenvalue weighted by molar-refractivity contribution is 0.0528. The molecule has 0 aromatic rings. The first-order chi connectivity index (χ1) is 6.83. The lowest BCUT2D eigenvalue weighted by Gasteiger charge is -2.34. The van der Waals surface area contributed by atoms with E-state index in [0.29, 0.717) is 0 Å². The number of rotatable bonds is 2. The van der Waals surface area contributed by atoms with Crippen molar-refractivity contribution in [2.75, 3.05) is 33.3 Å². The Morgan fingerprint density at radius 3 is 3.07 bits per heavy atom. The van der Waals surface area contributed by atoms with Crippen LogP contribution in [-0.2, 0) is 4.74 Å². The molecule has 2 amide bonds. The maximum atomic E-state index is 11.6. The van der Waals surface area contributed by atoms with Crippen LogP contribution in [0.3, 0.4) is 0 Å². The van der Waals surface area contributed by atoms with E-state index < -0.39 is 0 Å². The molecule has 5 nitrogen and oxygen atoms in total. The van der Waals surface area contributed by atoms with E-state index in [1.54, 1.807) is 7.11 Å². The Balaban J connectivity index is 2.01. The van der Waals surface area contributed by atoms with Crippen LogP contribution in [-0.4, -0.2) is 56.4 Å². The highest BCUT2D eigenvalue weighted by atomic mass is 16.5. The number of nitrogens with one attached hydrogen (secondary N) is 2. The molecule has 0 aliphatic carbocycles. The van der Waals surface area contributed by atoms with Crippen molar-refractivity contribution < 1.29 is 9.53 Å². The Morgan fingerprint density at radius 1 is 1.50 bits per heavy atom. The smallest absolute Gasteiger partial charge is 0.317 e. The van der Waals surface area contributed by atoms with Crippen molar-refractivity contribution in [2.45, 2.75) is 18.6 Å². The molecule has 0 radical (unpaired) electrons. The predicted molar refractivity (Wildman–Crippen MR) is 52.2 cm³/mol. The zero-order valence-corrected chi connectivity index (χ0v) is 8.45. The molecule has 5 heteroatoms. The highest BCUT2D eigenvalue weighted by Crippen LogP contribution is 2.14. The van der Waals surface area contributed by atoms with Crippen molar-refractivity contribution in [3.8, 4) is 0 Å². The quantitative estimate of drug-likeness (QED) is 0.623. The number of hydrogen-bond donors (Lipinski definition) is 2. The molecule has 80 valence electrons. The van der Waals surface area contributed by atoms with Crippen LogP contribution in [0.1, 0.15) is 6.42 Å². The maximum Gasteiger partial charge on any atom is 0.317 e. The molecule has 2 aliphatic heterocycles. The van der Waals surface area contributed by atoms with E-state index >= 15 is 0 Å². The molecule has 0 bridgehead atoms. The summed E-state index contributed by atoms with van der Waals surface area (Å²) in [5.74, 6) is 0. The number of amides is 2. The molecule has 2 fully saturated rings. The first kappa shape index (κ1) is 9.73. The standard InChI is InChI=1S/C9H17N3O2/c1-14-8-6-10-5-7(8)12-4-2-3-11-9(12)13/h7-8,10H,2-6H2,1H3,(H,11,13)/t7?,8-/m0/s1. The number of hydrogen-bond acceptors (Lipinski definition) is 3. The minimum absolute atomic E-state index is 0.0481. The summed E-state index contributed by atoms with van der Waals surface area (Å²) in [6.45, 7) is 3.32. The van der Waals surface area contributed by atoms with Crippen LogP contribution in [0.25, 0.3) is 0 Å². The SMILES string of the molecule is CO[C@H]1CNCC1N1CCCNC1=O. The van der Waals surface area contributed by atoms with Gasteiger partial charge in [-0.3, -0.25) is 0 Å². The van der Waals surface area contributed by atoms with E-state index in [9.17, 15) is 4.79 Å². The van der Waals surface area contributed by atoms with Gasteiger partial charge in [-0.2, -0.15) is 0 Å². The lowest BCUT2D eigenvalue weighted by atomic mass is 10.1. The molecule has 2 heterocycles. The molecule has 0 aromatic heterocycles. The molecule has 2 atom stereocenters. The van der Waals surface area contributed by atoms with Crippen LogP contribution in [0.15, 0.2) is 0 Å². The molecule has 1 unspecified atom stereocenters. The molecule has 2 rings (SSSR count). The monoisotopic (exact) mass is 199 g/mol. The Hall–Kier alpha value is -0.810. The Labute approximate surface area is 83.8 Å². The van der Waals surface area contributed by atoms with E-state index in [1.165, 1.54) is 0 Å². The number of ether oxygens (including phenoxy) is 1. The molecule has 14 heavy (non-hydrogen) atoms. The van der Waals surface area contributed by atoms with Crippen molar-refractivity contribution in [3.63, 3.8) is 0 Å². The van der Waals surface area contributed by atoms with Gasteiger partial charge in [0.15, 0.2) is 0 Å². The molecule has 0 spiro atoms. The summed E-state index contributed by atoms with van der Waals surface area (Å²) in [5.41, 5.74) is 0. The molecular weight excluding hydrogens is 182 g/mol. The van der Waals surface area contributed by atoms with Crippen LogP contribution < -0.4 is 10.6 Å². The van der Waals surface area contributed by atoms with Crippen molar-refractivity contribution in [3.05, 3.63) is 0 Å². The second-order valence-electron chi connectivity index (χ2n) is 3.78. The van der Waals surface area contributed by atoms with Gasteiger partial charge in [0.25, 0.3) is 0 Å². The summed E-state index contributed by atoms with van der Waals surface area (Å²) in [7, 11) is 1.70. The Bertz CT molecular complexity index is 222. The third-order valence-corrected chi connectivity index (χ3v) is 2.94. The zero-order valence-electron chi connectivity index (χ0n) is 8.45. The highest BCUT2D eigenvalue weighted by Gasteiger charge is 2.35. The first-order valence-electron chi connectivity index (χ1n) is 5.11. The van der Waals surface area contributed by atoms with Crippen LogP contribution in [0.4, 0.5) is 4.79 Å². The lowest BCUT2D eigenvalue weighted by Crippen LogP contribution is -2.55. The second-order valence-corrected chi connectivity index (χ2v) is 3.78. The van der Waals surface area contributed by atoms with E-state index in [0.717, 1.165) is 32.6 Å². The first-order valence-corrected chi connectivity index (χ1v) is 5.11. The van der Waals surface area contributed by atoms with Gasteiger partial charge in [0.1, 0.15) is 0 Å². The predicted octanol–water partition coefficient (Wildman–Crippen LogP) is -0.611. The van der Waals surface area contributed by atoms with Crippen molar-refractivity contribution >= 4 is 6.03 Å². The fourth-order valence-electron chi connectivity index (χ4n) is 2.16. The van der Waals surface area contributed by atoms with Crippen LogP contribution in [0.2, 0.25) is 0 Å². The van der Waals surface area contributed by atoms with Gasteiger partial charge in [-0.1, -0.05) is 0 Å². The summed E-state index contributed by atoms with van der Waals surface area (Å²) in [5, 5.41) is 6.10. The second kappa shape index (κ2) is 4.14. The molecule has 2 aliphatic rings. The van der Waals surface area contributed by atoms with E-state index in [1.807, 2.05) is 4.90 Å². The minimum Gasteiger partial charge on any atom is -0.378 e. The molecule has 0 aromatic carbocycles. The minimum atomic E-state index is 0.0481. The summed E-state index contributed by atoms with van der Waals surface area (Å²) in [6.07, 6.45) is 1.16. The normalized spacial score (nSPS) is 33.2. The summed E-state index contributed by atoms with van der Waals surface area (Å²) >= 11 is 0. The molecule has 0 saturated carbocycles. The van der Waals surface area contributed by atoms with Crippen molar-refractivity contribution in [1.29, 1.82) is 0 Å². The van der Waals surface area contributed by atoms with Gasteiger partial charge in [0, 0.05) is 33.3 Å². The molecule has 2 saturated heterocycles. The Morgan fingerprint density at radius 2 is 2.36 bits per heavy atom. The average molecular weight is 199 g/mol. The number of methoxy groups -OCH3 is 1. The number of nitrogens with zero attached hydrogens (tertiary/aromatic N) is 1. The Kier molecular flexibility index (Phi) is 2.88. The van der Waals surface area contributed by atoms with Crippen molar-refractivity contribution in [2.24, 2.45) is 0 Å². The highest BCUT2D eigenvalue weighted by molar-refractivity contribution is 5.75. The zero-order chi connectivity index (χ0) is 9.97. The molecule has 2 N–H and O–H groups in total. The van der Waals surface area contributed by atoms with Gasteiger partial charge in [-0.25, -0.2) is 4.79 Å². The van der Waals surface area contributed by atoms with Gasteiger partial charge in [0.05, 0.1) is 12.1 Å².